The maximum Gasteiger partial charge on any atom is 0.290 e. The summed E-state index contributed by atoms with van der Waals surface area (Å²) in [5, 5.41) is 0.957. The molecule has 15 heavy (non-hydrogen) atoms. The zero-order valence-corrected chi connectivity index (χ0v) is 10.0. The molecule has 0 aliphatic carbocycles. The number of aromatic nitrogens is 1. The van der Waals surface area contributed by atoms with Crippen molar-refractivity contribution in [1.82, 2.24) is 4.98 Å². The van der Waals surface area contributed by atoms with Crippen LogP contribution in [-0.2, 0) is 0 Å². The number of fused-ring (bicyclic) bond motifs is 1. The van der Waals surface area contributed by atoms with Crippen molar-refractivity contribution in [3.63, 3.8) is 0 Å². The second kappa shape index (κ2) is 3.70. The molecule has 0 bridgehead atoms. The Hall–Kier alpha value is -1.29. The summed E-state index contributed by atoms with van der Waals surface area (Å²) in [5.74, 6) is 0.333. The molecule has 2 rings (SSSR count). The van der Waals surface area contributed by atoms with Gasteiger partial charge in [0.1, 0.15) is 0 Å². The van der Waals surface area contributed by atoms with Gasteiger partial charge < -0.3 is 9.72 Å². The van der Waals surface area contributed by atoms with Crippen LogP contribution in [0, 0.1) is 6.92 Å². The highest BCUT2D eigenvalue weighted by Gasteiger charge is 2.05. The van der Waals surface area contributed by atoms with Gasteiger partial charge in [-0.05, 0) is 46.6 Å². The Morgan fingerprint density at radius 3 is 2.73 bits per heavy atom. The van der Waals surface area contributed by atoms with Gasteiger partial charge in [0, 0.05) is 9.86 Å². The Morgan fingerprint density at radius 1 is 1.33 bits per heavy atom. The molecule has 0 amide bonds. The first-order valence-corrected chi connectivity index (χ1v) is 5.28. The van der Waals surface area contributed by atoms with Gasteiger partial charge in [-0.1, -0.05) is 0 Å². The molecule has 2 aromatic rings. The van der Waals surface area contributed by atoms with Gasteiger partial charge in [0.15, 0.2) is 5.75 Å². The summed E-state index contributed by atoms with van der Waals surface area (Å²) in [7, 11) is 1.49. The third-order valence-corrected chi connectivity index (χ3v) is 2.86. The molecule has 1 heterocycles. The van der Waals surface area contributed by atoms with Crippen LogP contribution < -0.4 is 10.3 Å². The fourth-order valence-corrected chi connectivity index (χ4v) is 2.24. The van der Waals surface area contributed by atoms with Crippen molar-refractivity contribution in [1.29, 1.82) is 0 Å². The number of pyridine rings is 1. The molecule has 3 nitrogen and oxygen atoms in total. The van der Waals surface area contributed by atoms with Crippen LogP contribution in [0.3, 0.4) is 0 Å². The summed E-state index contributed by atoms with van der Waals surface area (Å²) in [6.45, 7) is 2.00. The molecule has 0 spiro atoms. The monoisotopic (exact) mass is 267 g/mol. The lowest BCUT2D eigenvalue weighted by molar-refractivity contribution is 0.409. The van der Waals surface area contributed by atoms with Crippen LogP contribution >= 0.6 is 15.9 Å². The van der Waals surface area contributed by atoms with Crippen molar-refractivity contribution in [2.24, 2.45) is 0 Å². The highest BCUT2D eigenvalue weighted by atomic mass is 79.9. The number of H-pyrrole nitrogens is 1. The molecule has 0 saturated carbocycles. The van der Waals surface area contributed by atoms with Gasteiger partial charge in [-0.15, -0.1) is 0 Å². The summed E-state index contributed by atoms with van der Waals surface area (Å²) >= 11 is 3.42. The van der Waals surface area contributed by atoms with E-state index in [1.807, 2.05) is 19.1 Å². The number of halogens is 1. The zero-order chi connectivity index (χ0) is 11.0. The van der Waals surface area contributed by atoms with Gasteiger partial charge in [-0.3, -0.25) is 4.79 Å². The first-order valence-electron chi connectivity index (χ1n) is 4.49. The molecule has 4 heteroatoms. The number of methoxy groups -OCH3 is 1. The Labute approximate surface area is 95.2 Å². The number of aromatic amines is 1. The fraction of sp³-hybridized carbons (Fsp3) is 0.182. The number of benzene rings is 1. The van der Waals surface area contributed by atoms with E-state index in [4.69, 9.17) is 4.74 Å². The van der Waals surface area contributed by atoms with Gasteiger partial charge in [0.2, 0.25) is 0 Å². The van der Waals surface area contributed by atoms with E-state index in [1.54, 1.807) is 6.07 Å². The maximum absolute atomic E-state index is 11.5. The van der Waals surface area contributed by atoms with Gasteiger partial charge in [0.05, 0.1) is 12.6 Å². The van der Waals surface area contributed by atoms with E-state index in [-0.39, 0.29) is 5.56 Å². The fourth-order valence-electron chi connectivity index (χ4n) is 1.55. The topological polar surface area (TPSA) is 42.1 Å². The predicted octanol–water partition coefficient (Wildman–Crippen LogP) is 2.61. The number of aryl methyl sites for hydroxylation is 1. The van der Waals surface area contributed by atoms with Crippen LogP contribution in [0.1, 0.15) is 5.56 Å². The SMILES string of the molecule is COc1cc2cc(C)cc(Br)c2[nH]c1=O. The molecule has 0 aliphatic rings. The van der Waals surface area contributed by atoms with Crippen LogP contribution in [0.4, 0.5) is 0 Å². The number of hydrogen-bond acceptors (Lipinski definition) is 2. The minimum atomic E-state index is -0.213. The lowest BCUT2D eigenvalue weighted by Crippen LogP contribution is -2.08. The Bertz CT molecular complexity index is 575. The largest absolute Gasteiger partial charge is 0.491 e. The molecule has 0 unspecified atom stereocenters. The van der Waals surface area contributed by atoms with Crippen molar-refractivity contribution in [2.45, 2.75) is 6.92 Å². The molecule has 0 fully saturated rings. The van der Waals surface area contributed by atoms with Gasteiger partial charge in [-0.25, -0.2) is 0 Å². The van der Waals surface area contributed by atoms with Crippen molar-refractivity contribution in [2.75, 3.05) is 7.11 Å². The lowest BCUT2D eigenvalue weighted by atomic mass is 10.1. The summed E-state index contributed by atoms with van der Waals surface area (Å²) in [4.78, 5) is 14.3. The average Bonchev–Trinajstić information content (AvgIpc) is 2.18. The van der Waals surface area contributed by atoms with Crippen LogP contribution in [-0.4, -0.2) is 12.1 Å². The Balaban J connectivity index is 2.87. The summed E-state index contributed by atoms with van der Waals surface area (Å²) in [5.41, 5.74) is 1.71. The molecule has 0 atom stereocenters. The molecular weight excluding hydrogens is 258 g/mol. The number of rotatable bonds is 1. The maximum atomic E-state index is 11.5. The minimum absolute atomic E-state index is 0.213. The molecule has 0 aliphatic heterocycles. The second-order valence-electron chi connectivity index (χ2n) is 3.38. The van der Waals surface area contributed by atoms with E-state index in [0.717, 1.165) is 20.9 Å². The summed E-state index contributed by atoms with van der Waals surface area (Å²) in [6.07, 6.45) is 0. The third kappa shape index (κ3) is 1.77. The van der Waals surface area contributed by atoms with Crippen LogP contribution in [0.2, 0.25) is 0 Å². The van der Waals surface area contributed by atoms with Crippen LogP contribution in [0.25, 0.3) is 10.9 Å². The Morgan fingerprint density at radius 2 is 2.07 bits per heavy atom. The molecule has 1 aromatic carbocycles. The van der Waals surface area contributed by atoms with E-state index in [0.29, 0.717) is 5.75 Å². The van der Waals surface area contributed by atoms with Gasteiger partial charge >= 0.3 is 0 Å². The molecule has 1 aromatic heterocycles. The van der Waals surface area contributed by atoms with E-state index in [2.05, 4.69) is 20.9 Å². The number of ether oxygens (including phenoxy) is 1. The van der Waals surface area contributed by atoms with Crippen LogP contribution in [0.5, 0.6) is 5.75 Å². The van der Waals surface area contributed by atoms with Gasteiger partial charge in [0.25, 0.3) is 5.56 Å². The van der Waals surface area contributed by atoms with Gasteiger partial charge in [-0.2, -0.15) is 0 Å². The first-order chi connectivity index (χ1) is 7.11. The minimum Gasteiger partial charge on any atom is -0.491 e. The highest BCUT2D eigenvalue weighted by molar-refractivity contribution is 9.10. The normalized spacial score (nSPS) is 10.6. The van der Waals surface area contributed by atoms with E-state index >= 15 is 0 Å². The average molecular weight is 268 g/mol. The van der Waals surface area contributed by atoms with E-state index in [1.165, 1.54) is 7.11 Å². The molecular formula is C11H10BrNO2. The second-order valence-corrected chi connectivity index (χ2v) is 4.23. The third-order valence-electron chi connectivity index (χ3n) is 2.23. The number of nitrogens with one attached hydrogen (secondary N) is 1. The smallest absolute Gasteiger partial charge is 0.290 e. The molecule has 0 saturated heterocycles. The van der Waals surface area contributed by atoms with Crippen molar-refractivity contribution in [3.05, 3.63) is 38.6 Å². The van der Waals surface area contributed by atoms with Crippen molar-refractivity contribution in [3.8, 4) is 5.75 Å². The standard InChI is InChI=1S/C11H10BrNO2/c1-6-3-7-5-9(15-2)11(14)13-10(7)8(12)4-6/h3-5H,1-2H3,(H,13,14). The molecule has 0 radical (unpaired) electrons. The summed E-state index contributed by atoms with van der Waals surface area (Å²) < 4.78 is 5.86. The predicted molar refractivity (Wildman–Crippen MR) is 63.6 cm³/mol. The van der Waals surface area contributed by atoms with E-state index < -0.39 is 0 Å². The van der Waals surface area contributed by atoms with Crippen molar-refractivity contribution < 1.29 is 4.74 Å². The van der Waals surface area contributed by atoms with Crippen molar-refractivity contribution >= 4 is 26.8 Å². The quantitative estimate of drug-likeness (QED) is 0.863. The zero-order valence-electron chi connectivity index (χ0n) is 8.43. The van der Waals surface area contributed by atoms with Crippen LogP contribution in [0.15, 0.2) is 27.5 Å². The first kappa shape index (κ1) is 10.2. The number of hydrogen-bond donors (Lipinski definition) is 1. The lowest BCUT2D eigenvalue weighted by Gasteiger charge is -2.05. The molecule has 78 valence electrons. The summed E-state index contributed by atoms with van der Waals surface area (Å²) in [6, 6.07) is 5.70. The van der Waals surface area contributed by atoms with E-state index in [9.17, 15) is 4.79 Å². The highest BCUT2D eigenvalue weighted by Crippen LogP contribution is 2.24. The molecule has 1 N–H and O–H groups in total. The Kier molecular flexibility index (Phi) is 2.52.